The summed E-state index contributed by atoms with van der Waals surface area (Å²) in [6, 6.07) is 14.3. The van der Waals surface area contributed by atoms with Crippen molar-refractivity contribution in [2.45, 2.75) is 6.54 Å². The van der Waals surface area contributed by atoms with Crippen molar-refractivity contribution in [3.05, 3.63) is 59.9 Å². The first-order valence-corrected chi connectivity index (χ1v) is 6.09. The first-order valence-electron chi connectivity index (χ1n) is 6.09. The number of hydrogen-bond acceptors (Lipinski definition) is 4. The van der Waals surface area contributed by atoms with Crippen LogP contribution >= 0.6 is 0 Å². The van der Waals surface area contributed by atoms with E-state index in [1.165, 1.54) is 12.1 Å². The number of nitrogens with two attached hydrogens (primary N) is 1. The molecule has 0 saturated heterocycles. The second kappa shape index (κ2) is 5.08. The lowest BCUT2D eigenvalue weighted by Gasteiger charge is -2.05. The van der Waals surface area contributed by atoms with Gasteiger partial charge >= 0.3 is 0 Å². The van der Waals surface area contributed by atoms with E-state index in [9.17, 15) is 4.39 Å². The highest BCUT2D eigenvalue weighted by atomic mass is 19.1. The van der Waals surface area contributed by atoms with E-state index in [0.29, 0.717) is 17.9 Å². The van der Waals surface area contributed by atoms with Crippen LogP contribution in [0, 0.1) is 5.82 Å². The van der Waals surface area contributed by atoms with Crippen LogP contribution in [0.2, 0.25) is 0 Å². The molecule has 100 valence electrons. The van der Waals surface area contributed by atoms with Gasteiger partial charge < -0.3 is 5.73 Å². The SMILES string of the molecule is Nc1cc(-c2nnnn2Cc2ccccc2)ccc1F. The summed E-state index contributed by atoms with van der Waals surface area (Å²) in [5, 5.41) is 11.6. The smallest absolute Gasteiger partial charge is 0.182 e. The summed E-state index contributed by atoms with van der Waals surface area (Å²) in [5.41, 5.74) is 7.42. The van der Waals surface area contributed by atoms with Crippen molar-refractivity contribution < 1.29 is 4.39 Å². The highest BCUT2D eigenvalue weighted by Gasteiger charge is 2.11. The minimum absolute atomic E-state index is 0.0803. The summed E-state index contributed by atoms with van der Waals surface area (Å²) < 4.78 is 14.9. The maximum atomic E-state index is 13.2. The molecule has 5 nitrogen and oxygen atoms in total. The fourth-order valence-electron chi connectivity index (χ4n) is 1.96. The van der Waals surface area contributed by atoms with E-state index in [2.05, 4.69) is 15.5 Å². The van der Waals surface area contributed by atoms with Gasteiger partial charge in [-0.3, -0.25) is 0 Å². The number of nitrogen functional groups attached to an aromatic ring is 1. The molecular formula is C14H12FN5. The normalized spacial score (nSPS) is 10.7. The minimum Gasteiger partial charge on any atom is -0.396 e. The zero-order valence-corrected chi connectivity index (χ0v) is 10.6. The lowest BCUT2D eigenvalue weighted by molar-refractivity contribution is 0.632. The molecule has 0 amide bonds. The van der Waals surface area contributed by atoms with Crippen molar-refractivity contribution >= 4 is 5.69 Å². The third-order valence-corrected chi connectivity index (χ3v) is 2.96. The first kappa shape index (κ1) is 12.3. The molecule has 0 radical (unpaired) electrons. The molecule has 0 unspecified atom stereocenters. The van der Waals surface area contributed by atoms with E-state index in [-0.39, 0.29) is 5.69 Å². The molecule has 0 aliphatic heterocycles. The number of hydrogen-bond donors (Lipinski definition) is 1. The fraction of sp³-hybridized carbons (Fsp3) is 0.0714. The minimum atomic E-state index is -0.448. The number of anilines is 1. The zero-order chi connectivity index (χ0) is 13.9. The van der Waals surface area contributed by atoms with Crippen molar-refractivity contribution in [1.82, 2.24) is 20.2 Å². The maximum Gasteiger partial charge on any atom is 0.182 e. The number of halogens is 1. The van der Waals surface area contributed by atoms with Gasteiger partial charge in [0.25, 0.3) is 0 Å². The average molecular weight is 269 g/mol. The Morgan fingerprint density at radius 3 is 2.65 bits per heavy atom. The number of nitrogens with zero attached hydrogens (tertiary/aromatic N) is 4. The molecule has 2 aromatic carbocycles. The Bertz CT molecular complexity index is 723. The summed E-state index contributed by atoms with van der Waals surface area (Å²) in [6.45, 7) is 0.542. The van der Waals surface area contributed by atoms with Crippen LogP contribution in [-0.4, -0.2) is 20.2 Å². The van der Waals surface area contributed by atoms with Gasteiger partial charge in [0.1, 0.15) is 5.82 Å². The molecule has 0 saturated carbocycles. The molecule has 20 heavy (non-hydrogen) atoms. The summed E-state index contributed by atoms with van der Waals surface area (Å²) in [7, 11) is 0. The van der Waals surface area contributed by atoms with Crippen molar-refractivity contribution in [2.75, 3.05) is 5.73 Å². The maximum absolute atomic E-state index is 13.2. The van der Waals surface area contributed by atoms with Crippen LogP contribution in [0.5, 0.6) is 0 Å². The van der Waals surface area contributed by atoms with Crippen LogP contribution in [0.4, 0.5) is 10.1 Å². The molecule has 0 bridgehead atoms. The number of tetrazole rings is 1. The molecule has 0 aliphatic carbocycles. The van der Waals surface area contributed by atoms with Gasteiger partial charge in [-0.2, -0.15) is 0 Å². The van der Waals surface area contributed by atoms with Crippen LogP contribution in [0.25, 0.3) is 11.4 Å². The average Bonchev–Trinajstić information content (AvgIpc) is 2.91. The molecule has 3 rings (SSSR count). The van der Waals surface area contributed by atoms with E-state index in [4.69, 9.17) is 5.73 Å². The molecule has 3 aromatic rings. The summed E-state index contributed by atoms with van der Waals surface area (Å²) in [5.74, 6) is 0.108. The Morgan fingerprint density at radius 1 is 1.10 bits per heavy atom. The third-order valence-electron chi connectivity index (χ3n) is 2.96. The van der Waals surface area contributed by atoms with Crippen LogP contribution < -0.4 is 5.73 Å². The van der Waals surface area contributed by atoms with Crippen LogP contribution in [0.3, 0.4) is 0 Å². The monoisotopic (exact) mass is 269 g/mol. The first-order chi connectivity index (χ1) is 9.74. The molecule has 2 N–H and O–H groups in total. The Hall–Kier alpha value is -2.76. The zero-order valence-electron chi connectivity index (χ0n) is 10.6. The molecular weight excluding hydrogens is 257 g/mol. The Balaban J connectivity index is 1.95. The predicted octanol–water partition coefficient (Wildman–Crippen LogP) is 2.11. The fourth-order valence-corrected chi connectivity index (χ4v) is 1.96. The van der Waals surface area contributed by atoms with Gasteiger partial charge in [0, 0.05) is 5.56 Å². The summed E-state index contributed by atoms with van der Waals surface area (Å²) in [6.07, 6.45) is 0. The van der Waals surface area contributed by atoms with E-state index < -0.39 is 5.82 Å². The molecule has 0 aliphatic rings. The topological polar surface area (TPSA) is 69.6 Å². The lowest BCUT2D eigenvalue weighted by atomic mass is 10.1. The van der Waals surface area contributed by atoms with E-state index in [0.717, 1.165) is 5.56 Å². The van der Waals surface area contributed by atoms with Crippen LogP contribution in [0.1, 0.15) is 5.56 Å². The second-order valence-electron chi connectivity index (χ2n) is 4.38. The van der Waals surface area contributed by atoms with Gasteiger partial charge in [-0.15, -0.1) is 5.10 Å². The second-order valence-corrected chi connectivity index (χ2v) is 4.38. The van der Waals surface area contributed by atoms with E-state index in [1.807, 2.05) is 30.3 Å². The van der Waals surface area contributed by atoms with Crippen molar-refractivity contribution in [3.8, 4) is 11.4 Å². The van der Waals surface area contributed by atoms with Crippen molar-refractivity contribution in [2.24, 2.45) is 0 Å². The van der Waals surface area contributed by atoms with Gasteiger partial charge in [-0.1, -0.05) is 30.3 Å². The number of aromatic nitrogens is 4. The standard InChI is InChI=1S/C14H12FN5/c15-12-7-6-11(8-13(12)16)14-17-18-19-20(14)9-10-4-2-1-3-5-10/h1-8H,9,16H2. The summed E-state index contributed by atoms with van der Waals surface area (Å²) in [4.78, 5) is 0. The van der Waals surface area contributed by atoms with Gasteiger partial charge in [0.05, 0.1) is 12.2 Å². The van der Waals surface area contributed by atoms with Gasteiger partial charge in [0.15, 0.2) is 5.82 Å². The number of rotatable bonds is 3. The lowest BCUT2D eigenvalue weighted by Crippen LogP contribution is -2.04. The van der Waals surface area contributed by atoms with Gasteiger partial charge in [-0.05, 0) is 34.2 Å². The van der Waals surface area contributed by atoms with E-state index in [1.54, 1.807) is 10.7 Å². The molecule has 0 atom stereocenters. The molecule has 1 heterocycles. The molecule has 0 spiro atoms. The Kier molecular flexibility index (Phi) is 3.12. The Labute approximate surface area is 114 Å². The largest absolute Gasteiger partial charge is 0.396 e. The van der Waals surface area contributed by atoms with Crippen molar-refractivity contribution in [1.29, 1.82) is 0 Å². The van der Waals surface area contributed by atoms with Gasteiger partial charge in [0.2, 0.25) is 0 Å². The highest BCUT2D eigenvalue weighted by molar-refractivity contribution is 5.61. The van der Waals surface area contributed by atoms with Crippen LogP contribution in [0.15, 0.2) is 48.5 Å². The van der Waals surface area contributed by atoms with E-state index >= 15 is 0 Å². The summed E-state index contributed by atoms with van der Waals surface area (Å²) >= 11 is 0. The number of benzene rings is 2. The van der Waals surface area contributed by atoms with Crippen molar-refractivity contribution in [3.63, 3.8) is 0 Å². The Morgan fingerprint density at radius 2 is 1.90 bits per heavy atom. The predicted molar refractivity (Wildman–Crippen MR) is 73.2 cm³/mol. The highest BCUT2D eigenvalue weighted by Crippen LogP contribution is 2.21. The quantitative estimate of drug-likeness (QED) is 0.739. The van der Waals surface area contributed by atoms with Gasteiger partial charge in [-0.25, -0.2) is 9.07 Å². The van der Waals surface area contributed by atoms with Crippen LogP contribution in [-0.2, 0) is 6.54 Å². The molecule has 0 fully saturated rings. The molecule has 6 heteroatoms. The molecule has 1 aromatic heterocycles. The third kappa shape index (κ3) is 2.35.